The van der Waals surface area contributed by atoms with Gasteiger partial charge in [0.05, 0.1) is 0 Å². The summed E-state index contributed by atoms with van der Waals surface area (Å²) < 4.78 is 24.7. The van der Waals surface area contributed by atoms with Crippen LogP contribution < -0.4 is 5.32 Å². The van der Waals surface area contributed by atoms with Gasteiger partial charge in [0.25, 0.3) is 5.92 Å². The summed E-state index contributed by atoms with van der Waals surface area (Å²) in [5.74, 6) is -4.38. The van der Waals surface area contributed by atoms with Crippen LogP contribution in [0.25, 0.3) is 0 Å². The first-order valence-electron chi connectivity index (χ1n) is 3.92. The number of rotatable bonds is 1. The van der Waals surface area contributed by atoms with E-state index in [2.05, 4.69) is 5.32 Å². The maximum atomic E-state index is 12.4. The normalized spacial score (nSPS) is 26.6. The molecule has 0 radical (unpaired) electrons. The minimum Gasteiger partial charge on any atom is -0.351 e. The molecule has 0 heterocycles. The van der Waals surface area contributed by atoms with Gasteiger partial charge < -0.3 is 5.32 Å². The van der Waals surface area contributed by atoms with E-state index >= 15 is 0 Å². The van der Waals surface area contributed by atoms with E-state index < -0.39 is 23.3 Å². The van der Waals surface area contributed by atoms with Crippen molar-refractivity contribution in [2.24, 2.45) is 5.92 Å². The van der Waals surface area contributed by atoms with E-state index in [1.54, 1.807) is 20.8 Å². The molecule has 1 saturated carbocycles. The maximum Gasteiger partial charge on any atom is 0.260 e. The smallest absolute Gasteiger partial charge is 0.260 e. The van der Waals surface area contributed by atoms with Gasteiger partial charge in [-0.2, -0.15) is 0 Å². The number of amides is 1. The van der Waals surface area contributed by atoms with E-state index in [1.807, 2.05) is 0 Å². The van der Waals surface area contributed by atoms with Gasteiger partial charge in [-0.05, 0) is 20.8 Å². The molecule has 1 rings (SSSR count). The molecule has 70 valence electrons. The Kier molecular flexibility index (Phi) is 1.89. The Morgan fingerprint density at radius 1 is 1.50 bits per heavy atom. The summed E-state index contributed by atoms with van der Waals surface area (Å²) in [7, 11) is 0. The van der Waals surface area contributed by atoms with Crippen LogP contribution in [-0.4, -0.2) is 17.4 Å². The van der Waals surface area contributed by atoms with Gasteiger partial charge in [-0.15, -0.1) is 0 Å². The summed E-state index contributed by atoms with van der Waals surface area (Å²) in [5, 5.41) is 2.52. The molecule has 1 atom stereocenters. The SMILES string of the molecule is CC(C)(C)NC(=O)[C@@H]1CC1(F)F. The van der Waals surface area contributed by atoms with Crippen LogP contribution in [-0.2, 0) is 4.79 Å². The number of halogens is 2. The average Bonchev–Trinajstić information content (AvgIpc) is 2.35. The van der Waals surface area contributed by atoms with Gasteiger partial charge >= 0.3 is 0 Å². The summed E-state index contributed by atoms with van der Waals surface area (Å²) in [6, 6.07) is 0. The number of carbonyl (C=O) groups is 1. The van der Waals surface area contributed by atoms with Gasteiger partial charge in [0.15, 0.2) is 0 Å². The van der Waals surface area contributed by atoms with Crippen molar-refractivity contribution < 1.29 is 13.6 Å². The highest BCUT2D eigenvalue weighted by Gasteiger charge is 2.61. The van der Waals surface area contributed by atoms with Crippen LogP contribution in [0.1, 0.15) is 27.2 Å². The van der Waals surface area contributed by atoms with E-state index in [0.29, 0.717) is 0 Å². The van der Waals surface area contributed by atoms with Gasteiger partial charge in [-0.25, -0.2) is 8.78 Å². The first-order valence-corrected chi connectivity index (χ1v) is 3.92. The third kappa shape index (κ3) is 2.16. The lowest BCUT2D eigenvalue weighted by atomic mass is 10.1. The standard InChI is InChI=1S/C8H13F2NO/c1-7(2,3)11-6(12)5-4-8(5,9)10/h5H,4H2,1-3H3,(H,11,12)/t5-/m0/s1. The van der Waals surface area contributed by atoms with E-state index in [0.717, 1.165) is 0 Å². The third-order valence-electron chi connectivity index (χ3n) is 1.64. The second-order valence-corrected chi connectivity index (χ2v) is 4.26. The Morgan fingerprint density at radius 3 is 2.17 bits per heavy atom. The summed E-state index contributed by atoms with van der Waals surface area (Å²) in [6.45, 7) is 5.31. The molecule has 0 aromatic carbocycles. The molecule has 0 bridgehead atoms. The molecule has 1 amide bonds. The first kappa shape index (κ1) is 9.42. The van der Waals surface area contributed by atoms with E-state index in [9.17, 15) is 13.6 Å². The highest BCUT2D eigenvalue weighted by atomic mass is 19.3. The van der Waals surface area contributed by atoms with Crippen molar-refractivity contribution in [1.82, 2.24) is 5.32 Å². The zero-order chi connectivity index (χ0) is 9.57. The van der Waals surface area contributed by atoms with Crippen LogP contribution in [0.4, 0.5) is 8.78 Å². The van der Waals surface area contributed by atoms with Gasteiger partial charge in [0.2, 0.25) is 5.91 Å². The number of hydrogen-bond donors (Lipinski definition) is 1. The molecular formula is C8H13F2NO. The van der Waals surface area contributed by atoms with Crippen LogP contribution in [0.5, 0.6) is 0 Å². The van der Waals surface area contributed by atoms with Gasteiger partial charge in [-0.3, -0.25) is 4.79 Å². The van der Waals surface area contributed by atoms with Crippen LogP contribution in [0.2, 0.25) is 0 Å². The third-order valence-corrected chi connectivity index (χ3v) is 1.64. The molecule has 1 fully saturated rings. The number of carbonyl (C=O) groups excluding carboxylic acids is 1. The lowest BCUT2D eigenvalue weighted by molar-refractivity contribution is -0.125. The summed E-state index contributed by atoms with van der Waals surface area (Å²) >= 11 is 0. The van der Waals surface area contributed by atoms with Gasteiger partial charge in [-0.1, -0.05) is 0 Å². The highest BCUT2D eigenvalue weighted by Crippen LogP contribution is 2.48. The van der Waals surface area contributed by atoms with Crippen LogP contribution in [0.3, 0.4) is 0 Å². The Labute approximate surface area is 70.3 Å². The number of nitrogens with one attached hydrogen (secondary N) is 1. The molecule has 1 N–H and O–H groups in total. The molecule has 4 heteroatoms. The van der Waals surface area contributed by atoms with Crippen LogP contribution in [0.15, 0.2) is 0 Å². The van der Waals surface area contributed by atoms with Crippen molar-refractivity contribution in [3.63, 3.8) is 0 Å². The average molecular weight is 177 g/mol. The number of hydrogen-bond acceptors (Lipinski definition) is 1. The van der Waals surface area contributed by atoms with Crippen molar-refractivity contribution in [3.8, 4) is 0 Å². The highest BCUT2D eigenvalue weighted by molar-refractivity contribution is 5.83. The summed E-state index contributed by atoms with van der Waals surface area (Å²) in [6.07, 6.45) is -0.297. The molecular weight excluding hydrogens is 164 g/mol. The Bertz CT molecular complexity index is 208. The lowest BCUT2D eigenvalue weighted by Crippen LogP contribution is -2.42. The lowest BCUT2D eigenvalue weighted by Gasteiger charge is -2.20. The molecule has 0 aromatic heterocycles. The van der Waals surface area contributed by atoms with Gasteiger partial charge in [0.1, 0.15) is 5.92 Å². The molecule has 0 spiro atoms. The van der Waals surface area contributed by atoms with Crippen LogP contribution >= 0.6 is 0 Å². The Morgan fingerprint density at radius 2 is 1.92 bits per heavy atom. The van der Waals surface area contributed by atoms with E-state index in [-0.39, 0.29) is 6.42 Å². The van der Waals surface area contributed by atoms with Crippen molar-refractivity contribution in [1.29, 1.82) is 0 Å². The molecule has 0 unspecified atom stereocenters. The van der Waals surface area contributed by atoms with Crippen LogP contribution in [0, 0.1) is 5.92 Å². The zero-order valence-electron chi connectivity index (χ0n) is 7.45. The fraction of sp³-hybridized carbons (Fsp3) is 0.875. The predicted molar refractivity (Wildman–Crippen MR) is 40.9 cm³/mol. The molecule has 0 aliphatic heterocycles. The topological polar surface area (TPSA) is 29.1 Å². The molecule has 12 heavy (non-hydrogen) atoms. The van der Waals surface area contributed by atoms with Crippen molar-refractivity contribution >= 4 is 5.91 Å². The van der Waals surface area contributed by atoms with E-state index in [1.165, 1.54) is 0 Å². The Hall–Kier alpha value is -0.670. The Balaban J connectivity index is 2.42. The molecule has 1 aliphatic carbocycles. The molecule has 0 saturated heterocycles. The van der Waals surface area contributed by atoms with Crippen molar-refractivity contribution in [2.75, 3.05) is 0 Å². The molecule has 0 aromatic rings. The largest absolute Gasteiger partial charge is 0.351 e. The van der Waals surface area contributed by atoms with Crippen molar-refractivity contribution in [2.45, 2.75) is 38.7 Å². The van der Waals surface area contributed by atoms with E-state index in [4.69, 9.17) is 0 Å². The summed E-state index contributed by atoms with van der Waals surface area (Å²) in [5.41, 5.74) is -0.421. The summed E-state index contributed by atoms with van der Waals surface area (Å²) in [4.78, 5) is 11.0. The molecule has 1 aliphatic rings. The van der Waals surface area contributed by atoms with Gasteiger partial charge in [0, 0.05) is 12.0 Å². The second kappa shape index (κ2) is 2.41. The second-order valence-electron chi connectivity index (χ2n) is 4.26. The minimum absolute atomic E-state index is 0.297. The zero-order valence-corrected chi connectivity index (χ0v) is 7.45. The maximum absolute atomic E-state index is 12.4. The quantitative estimate of drug-likeness (QED) is 0.647. The fourth-order valence-electron chi connectivity index (χ4n) is 0.954. The number of alkyl halides is 2. The van der Waals surface area contributed by atoms with Crippen molar-refractivity contribution in [3.05, 3.63) is 0 Å². The first-order chi connectivity index (χ1) is 5.22. The fourth-order valence-corrected chi connectivity index (χ4v) is 0.954. The molecule has 2 nitrogen and oxygen atoms in total. The predicted octanol–water partition coefficient (Wildman–Crippen LogP) is 1.56. The monoisotopic (exact) mass is 177 g/mol. The minimum atomic E-state index is -2.75.